The SMILES string of the molecule is CC(C)(C)c1csc(N=C2NC(=O)/C(=C\c3ccc4c(c3)CCO4)S2)n1. The molecule has 5 nitrogen and oxygen atoms in total. The van der Waals surface area contributed by atoms with Crippen molar-refractivity contribution in [2.75, 3.05) is 6.61 Å². The van der Waals surface area contributed by atoms with E-state index in [1.165, 1.54) is 28.7 Å². The average Bonchev–Trinajstić information content (AvgIpc) is 3.27. The first-order valence-corrected chi connectivity index (χ1v) is 10.1. The van der Waals surface area contributed by atoms with E-state index < -0.39 is 0 Å². The number of nitrogens with one attached hydrogen (secondary N) is 1. The van der Waals surface area contributed by atoms with Crippen LogP contribution in [0.1, 0.15) is 37.6 Å². The molecule has 2 aromatic rings. The summed E-state index contributed by atoms with van der Waals surface area (Å²) in [5.74, 6) is 0.814. The van der Waals surface area contributed by atoms with E-state index in [0.29, 0.717) is 15.2 Å². The molecule has 0 spiro atoms. The Bertz CT molecular complexity index is 939. The Morgan fingerprint density at radius 2 is 2.19 bits per heavy atom. The highest BCUT2D eigenvalue weighted by Crippen LogP contribution is 2.33. The molecule has 1 aromatic heterocycles. The zero-order chi connectivity index (χ0) is 18.3. The molecule has 26 heavy (non-hydrogen) atoms. The molecule has 0 atom stereocenters. The highest BCUT2D eigenvalue weighted by atomic mass is 32.2. The van der Waals surface area contributed by atoms with Gasteiger partial charge in [-0.15, -0.1) is 11.3 Å². The fourth-order valence-electron chi connectivity index (χ4n) is 2.68. The molecule has 134 valence electrons. The summed E-state index contributed by atoms with van der Waals surface area (Å²) in [5.41, 5.74) is 3.18. The number of carbonyl (C=O) groups is 1. The number of amidine groups is 1. The summed E-state index contributed by atoms with van der Waals surface area (Å²) in [6, 6.07) is 6.01. The summed E-state index contributed by atoms with van der Waals surface area (Å²) in [7, 11) is 0. The van der Waals surface area contributed by atoms with E-state index in [2.05, 4.69) is 42.1 Å². The lowest BCUT2D eigenvalue weighted by Gasteiger charge is -2.13. The van der Waals surface area contributed by atoms with Crippen molar-refractivity contribution in [3.8, 4) is 5.75 Å². The molecule has 0 bridgehead atoms. The third-order valence-electron chi connectivity index (χ3n) is 4.12. The first kappa shape index (κ1) is 17.3. The summed E-state index contributed by atoms with van der Waals surface area (Å²) in [6.45, 7) is 7.08. The average molecular weight is 386 g/mol. The van der Waals surface area contributed by atoms with Gasteiger partial charge in [0.15, 0.2) is 5.17 Å². The summed E-state index contributed by atoms with van der Waals surface area (Å²) in [5, 5.41) is 6.07. The number of benzene rings is 1. The van der Waals surface area contributed by atoms with Crippen LogP contribution in [0.2, 0.25) is 0 Å². The number of carbonyl (C=O) groups excluding carboxylic acids is 1. The van der Waals surface area contributed by atoms with E-state index in [1.807, 2.05) is 23.6 Å². The predicted octanol–water partition coefficient (Wildman–Crippen LogP) is 4.27. The molecule has 1 fully saturated rings. The fourth-order valence-corrected chi connectivity index (χ4v) is 4.47. The number of thioether (sulfide) groups is 1. The third kappa shape index (κ3) is 3.54. The van der Waals surface area contributed by atoms with E-state index in [-0.39, 0.29) is 11.3 Å². The number of rotatable bonds is 2. The maximum atomic E-state index is 12.3. The zero-order valence-electron chi connectivity index (χ0n) is 14.8. The molecule has 0 unspecified atom stereocenters. The van der Waals surface area contributed by atoms with Crippen LogP contribution in [0.25, 0.3) is 6.08 Å². The molecule has 2 aliphatic heterocycles. The smallest absolute Gasteiger partial charge is 0.264 e. The Morgan fingerprint density at radius 3 is 2.96 bits per heavy atom. The van der Waals surface area contributed by atoms with Crippen molar-refractivity contribution in [1.82, 2.24) is 10.3 Å². The Hall–Kier alpha value is -2.12. The van der Waals surface area contributed by atoms with Crippen molar-refractivity contribution in [2.45, 2.75) is 32.6 Å². The van der Waals surface area contributed by atoms with Gasteiger partial charge >= 0.3 is 0 Å². The maximum absolute atomic E-state index is 12.3. The fraction of sp³-hybridized carbons (Fsp3) is 0.316. The molecule has 3 heterocycles. The van der Waals surface area contributed by atoms with Crippen LogP contribution in [0.15, 0.2) is 33.5 Å². The van der Waals surface area contributed by atoms with Crippen LogP contribution >= 0.6 is 23.1 Å². The molecule has 1 aromatic carbocycles. The highest BCUT2D eigenvalue weighted by Gasteiger charge is 2.25. The quantitative estimate of drug-likeness (QED) is 0.784. The van der Waals surface area contributed by atoms with E-state index in [1.54, 1.807) is 0 Å². The highest BCUT2D eigenvalue weighted by molar-refractivity contribution is 8.18. The summed E-state index contributed by atoms with van der Waals surface area (Å²) in [6.07, 6.45) is 2.81. The van der Waals surface area contributed by atoms with E-state index >= 15 is 0 Å². The van der Waals surface area contributed by atoms with Gasteiger partial charge < -0.3 is 10.1 Å². The van der Waals surface area contributed by atoms with Gasteiger partial charge in [0, 0.05) is 17.2 Å². The van der Waals surface area contributed by atoms with Gasteiger partial charge in [0.1, 0.15) is 5.75 Å². The van der Waals surface area contributed by atoms with Crippen molar-refractivity contribution in [1.29, 1.82) is 0 Å². The minimum atomic E-state index is -0.127. The Labute approximate surface area is 160 Å². The predicted molar refractivity (Wildman–Crippen MR) is 107 cm³/mol. The minimum Gasteiger partial charge on any atom is -0.493 e. The van der Waals surface area contributed by atoms with Crippen molar-refractivity contribution < 1.29 is 9.53 Å². The topological polar surface area (TPSA) is 63.6 Å². The molecule has 0 saturated carbocycles. The molecular formula is C19H19N3O2S2. The van der Waals surface area contributed by atoms with Gasteiger partial charge in [-0.1, -0.05) is 26.8 Å². The second kappa shape index (κ2) is 6.55. The van der Waals surface area contributed by atoms with Crippen LogP contribution in [0.3, 0.4) is 0 Å². The number of amides is 1. The van der Waals surface area contributed by atoms with Gasteiger partial charge in [-0.3, -0.25) is 4.79 Å². The van der Waals surface area contributed by atoms with Crippen molar-refractivity contribution in [2.24, 2.45) is 4.99 Å². The lowest BCUT2D eigenvalue weighted by Crippen LogP contribution is -2.19. The van der Waals surface area contributed by atoms with Crippen molar-refractivity contribution >= 4 is 45.4 Å². The van der Waals surface area contributed by atoms with Gasteiger partial charge in [0.2, 0.25) is 5.13 Å². The van der Waals surface area contributed by atoms with Gasteiger partial charge in [-0.05, 0) is 41.1 Å². The van der Waals surface area contributed by atoms with Gasteiger partial charge in [0.05, 0.1) is 17.2 Å². The van der Waals surface area contributed by atoms with Crippen LogP contribution in [0.5, 0.6) is 5.75 Å². The first-order chi connectivity index (χ1) is 12.4. The van der Waals surface area contributed by atoms with Crippen LogP contribution in [-0.2, 0) is 16.6 Å². The van der Waals surface area contributed by atoms with Crippen LogP contribution < -0.4 is 10.1 Å². The number of aromatic nitrogens is 1. The molecular weight excluding hydrogens is 366 g/mol. The van der Waals surface area contributed by atoms with Crippen molar-refractivity contribution in [3.05, 3.63) is 45.3 Å². The third-order valence-corrected chi connectivity index (χ3v) is 5.76. The van der Waals surface area contributed by atoms with Crippen LogP contribution in [0.4, 0.5) is 5.13 Å². The van der Waals surface area contributed by atoms with Gasteiger partial charge in [0.25, 0.3) is 5.91 Å². The second-order valence-corrected chi connectivity index (χ2v) is 9.08. The van der Waals surface area contributed by atoms with Crippen LogP contribution in [0, 0.1) is 0 Å². The first-order valence-electron chi connectivity index (χ1n) is 8.40. The largest absolute Gasteiger partial charge is 0.493 e. The van der Waals surface area contributed by atoms with Gasteiger partial charge in [-0.2, -0.15) is 4.99 Å². The zero-order valence-corrected chi connectivity index (χ0v) is 16.5. The van der Waals surface area contributed by atoms with E-state index in [4.69, 9.17) is 4.74 Å². The number of hydrogen-bond acceptors (Lipinski definition) is 6. The van der Waals surface area contributed by atoms with Crippen LogP contribution in [-0.4, -0.2) is 22.7 Å². The molecule has 2 aliphatic rings. The summed E-state index contributed by atoms with van der Waals surface area (Å²) in [4.78, 5) is 21.9. The number of thiazole rings is 1. The Morgan fingerprint density at radius 1 is 1.35 bits per heavy atom. The van der Waals surface area contributed by atoms with Gasteiger partial charge in [-0.25, -0.2) is 4.98 Å². The molecule has 1 N–H and O–H groups in total. The molecule has 0 radical (unpaired) electrons. The molecule has 0 aliphatic carbocycles. The standard InChI is InChI=1S/C19H19N3O2S2/c1-19(2,3)15-10-25-17(20-15)22-18-21-16(23)14(26-18)9-11-4-5-13-12(8-11)6-7-24-13/h4-5,8-10H,6-7H2,1-3H3,(H,20,21,22,23)/b14-9+. The van der Waals surface area contributed by atoms with Crippen molar-refractivity contribution in [3.63, 3.8) is 0 Å². The van der Waals surface area contributed by atoms with E-state index in [0.717, 1.165) is 30.0 Å². The molecule has 1 saturated heterocycles. The Balaban J connectivity index is 1.54. The number of nitrogens with zero attached hydrogens (tertiary/aromatic N) is 2. The second-order valence-electron chi connectivity index (χ2n) is 7.21. The summed E-state index contributed by atoms with van der Waals surface area (Å²) < 4.78 is 5.52. The summed E-state index contributed by atoms with van der Waals surface area (Å²) >= 11 is 2.83. The lowest BCUT2D eigenvalue weighted by atomic mass is 9.93. The van der Waals surface area contributed by atoms with E-state index in [9.17, 15) is 4.79 Å². The Kier molecular flexibility index (Phi) is 4.36. The monoisotopic (exact) mass is 385 g/mol. The number of aliphatic imine (C=N–C) groups is 1. The molecule has 7 heteroatoms. The molecule has 1 amide bonds. The molecule has 4 rings (SSSR count). The maximum Gasteiger partial charge on any atom is 0.264 e. The number of ether oxygens (including phenoxy) is 1. The number of fused-ring (bicyclic) bond motifs is 1. The minimum absolute atomic E-state index is 0.0106. The number of hydrogen-bond donors (Lipinski definition) is 1. The lowest BCUT2D eigenvalue weighted by molar-refractivity contribution is -0.115. The normalized spacial score (nSPS) is 19.7.